The maximum absolute atomic E-state index is 11.7. The highest BCUT2D eigenvalue weighted by Gasteiger charge is 2.34. The van der Waals surface area contributed by atoms with Crippen molar-refractivity contribution in [3.05, 3.63) is 0 Å². The van der Waals surface area contributed by atoms with Gasteiger partial charge in [0.1, 0.15) is 5.60 Å². The lowest BCUT2D eigenvalue weighted by Crippen LogP contribution is -2.43. The van der Waals surface area contributed by atoms with Crippen LogP contribution in [0.15, 0.2) is 0 Å². The zero-order valence-electron chi connectivity index (χ0n) is 11.1. The Hall–Kier alpha value is -0.770. The van der Waals surface area contributed by atoms with E-state index in [0.29, 0.717) is 5.92 Å². The summed E-state index contributed by atoms with van der Waals surface area (Å²) in [5, 5.41) is 6.35. The van der Waals surface area contributed by atoms with Gasteiger partial charge in [-0.3, -0.25) is 0 Å². The Morgan fingerprint density at radius 1 is 1.35 bits per heavy atom. The molecule has 0 aromatic heterocycles. The predicted molar refractivity (Wildman–Crippen MR) is 66.9 cm³/mol. The molecule has 1 aliphatic heterocycles. The second kappa shape index (κ2) is 4.84. The molecule has 4 heteroatoms. The van der Waals surface area contributed by atoms with Crippen LogP contribution >= 0.6 is 0 Å². The number of carbonyl (C=O) groups is 1. The number of hydrogen-bond donors (Lipinski definition) is 2. The van der Waals surface area contributed by atoms with Crippen molar-refractivity contribution in [1.82, 2.24) is 10.6 Å². The summed E-state index contributed by atoms with van der Waals surface area (Å²) in [7, 11) is 0. The summed E-state index contributed by atoms with van der Waals surface area (Å²) >= 11 is 0. The molecule has 2 aliphatic rings. The maximum atomic E-state index is 11.7. The smallest absolute Gasteiger partial charge is 0.407 e. The first kappa shape index (κ1) is 12.7. The molecule has 0 radical (unpaired) electrons. The van der Waals surface area contributed by atoms with Crippen LogP contribution < -0.4 is 10.6 Å². The highest BCUT2D eigenvalue weighted by atomic mass is 16.6. The largest absolute Gasteiger partial charge is 0.444 e. The molecule has 1 saturated carbocycles. The Morgan fingerprint density at radius 2 is 2.06 bits per heavy atom. The van der Waals surface area contributed by atoms with E-state index in [1.165, 1.54) is 19.3 Å². The fourth-order valence-corrected chi connectivity index (χ4v) is 2.39. The number of nitrogens with one attached hydrogen (secondary N) is 2. The minimum Gasteiger partial charge on any atom is -0.444 e. The fourth-order valence-electron chi connectivity index (χ4n) is 2.39. The summed E-state index contributed by atoms with van der Waals surface area (Å²) < 4.78 is 5.29. The molecule has 1 heterocycles. The number of carbonyl (C=O) groups excluding carboxylic acids is 1. The van der Waals surface area contributed by atoms with Gasteiger partial charge in [-0.15, -0.1) is 0 Å². The van der Waals surface area contributed by atoms with Crippen molar-refractivity contribution in [3.63, 3.8) is 0 Å². The van der Waals surface area contributed by atoms with E-state index < -0.39 is 5.60 Å². The molecule has 0 spiro atoms. The van der Waals surface area contributed by atoms with Gasteiger partial charge in [0.05, 0.1) is 0 Å². The summed E-state index contributed by atoms with van der Waals surface area (Å²) in [6.07, 6.45) is 3.70. The highest BCUT2D eigenvalue weighted by Crippen LogP contribution is 2.36. The van der Waals surface area contributed by atoms with Gasteiger partial charge in [0, 0.05) is 19.1 Å². The Kier molecular flexibility index (Phi) is 3.61. The lowest BCUT2D eigenvalue weighted by Gasteiger charge is -2.24. The molecule has 4 nitrogen and oxygen atoms in total. The third kappa shape index (κ3) is 4.19. The molecule has 0 aromatic rings. The number of amides is 1. The molecule has 0 unspecified atom stereocenters. The maximum Gasteiger partial charge on any atom is 0.407 e. The molecule has 2 fully saturated rings. The molecule has 0 aromatic carbocycles. The van der Waals surface area contributed by atoms with E-state index in [9.17, 15) is 4.79 Å². The van der Waals surface area contributed by atoms with Crippen molar-refractivity contribution in [2.24, 2.45) is 11.8 Å². The fraction of sp³-hybridized carbons (Fsp3) is 0.923. The van der Waals surface area contributed by atoms with Gasteiger partial charge in [-0.05, 0) is 39.0 Å². The van der Waals surface area contributed by atoms with Gasteiger partial charge in [-0.25, -0.2) is 4.79 Å². The van der Waals surface area contributed by atoms with E-state index in [4.69, 9.17) is 4.74 Å². The number of ether oxygens (including phenoxy) is 1. The number of hydrogen-bond acceptors (Lipinski definition) is 3. The quantitative estimate of drug-likeness (QED) is 0.792. The van der Waals surface area contributed by atoms with Gasteiger partial charge in [-0.2, -0.15) is 0 Å². The van der Waals surface area contributed by atoms with E-state index in [2.05, 4.69) is 10.6 Å². The predicted octanol–water partition coefficient (Wildman–Crippen LogP) is 1.90. The molecule has 0 bridgehead atoms. The van der Waals surface area contributed by atoms with Crippen LogP contribution in [0.1, 0.15) is 40.0 Å². The van der Waals surface area contributed by atoms with Crippen LogP contribution in [0.3, 0.4) is 0 Å². The standard InChI is InChI=1S/C13H24N2O2/c1-13(2,3)17-12(16)15-11-8-14-7-10(11)6-9-4-5-9/h9-11,14H,4-8H2,1-3H3,(H,15,16)/t10-,11-/m0/s1. The van der Waals surface area contributed by atoms with Crippen molar-refractivity contribution < 1.29 is 9.53 Å². The molecule has 2 rings (SSSR count). The van der Waals surface area contributed by atoms with Crippen LogP contribution in [-0.2, 0) is 4.74 Å². The van der Waals surface area contributed by atoms with Crippen LogP contribution in [0.5, 0.6) is 0 Å². The van der Waals surface area contributed by atoms with Crippen molar-refractivity contribution >= 4 is 6.09 Å². The van der Waals surface area contributed by atoms with Crippen molar-refractivity contribution in [2.75, 3.05) is 13.1 Å². The molecule has 1 amide bonds. The zero-order chi connectivity index (χ0) is 12.5. The van der Waals surface area contributed by atoms with E-state index >= 15 is 0 Å². The summed E-state index contributed by atoms with van der Waals surface area (Å²) in [5.74, 6) is 1.48. The molecule has 17 heavy (non-hydrogen) atoms. The van der Waals surface area contributed by atoms with Gasteiger partial charge in [0.15, 0.2) is 0 Å². The zero-order valence-corrected chi connectivity index (χ0v) is 11.1. The van der Waals surface area contributed by atoms with E-state index in [-0.39, 0.29) is 12.1 Å². The highest BCUT2D eigenvalue weighted by molar-refractivity contribution is 5.68. The van der Waals surface area contributed by atoms with Gasteiger partial charge in [-0.1, -0.05) is 12.8 Å². The molecular formula is C13H24N2O2. The van der Waals surface area contributed by atoms with Crippen molar-refractivity contribution in [2.45, 2.75) is 51.7 Å². The van der Waals surface area contributed by atoms with Crippen LogP contribution in [0.4, 0.5) is 4.79 Å². The minimum atomic E-state index is -0.415. The molecule has 1 aliphatic carbocycles. The Bertz CT molecular complexity index is 282. The monoisotopic (exact) mass is 240 g/mol. The Morgan fingerprint density at radius 3 is 2.65 bits per heavy atom. The summed E-state index contributed by atoms with van der Waals surface area (Å²) in [5.41, 5.74) is -0.415. The van der Waals surface area contributed by atoms with Gasteiger partial charge in [0.2, 0.25) is 0 Å². The second-order valence-electron chi connectivity index (χ2n) is 6.35. The molecule has 98 valence electrons. The summed E-state index contributed by atoms with van der Waals surface area (Å²) in [6, 6.07) is 0.241. The lowest BCUT2D eigenvalue weighted by molar-refractivity contribution is 0.0495. The first-order chi connectivity index (χ1) is 7.94. The number of alkyl carbamates (subject to hydrolysis) is 1. The first-order valence-corrected chi connectivity index (χ1v) is 6.64. The molecule has 2 atom stereocenters. The average Bonchev–Trinajstić information content (AvgIpc) is 2.86. The SMILES string of the molecule is CC(C)(C)OC(=O)N[C@H]1CNC[C@@H]1CC1CC1. The van der Waals surface area contributed by atoms with Crippen LogP contribution in [0, 0.1) is 11.8 Å². The summed E-state index contributed by atoms with van der Waals surface area (Å²) in [4.78, 5) is 11.7. The third-order valence-corrected chi connectivity index (χ3v) is 3.37. The van der Waals surface area contributed by atoms with E-state index in [0.717, 1.165) is 19.0 Å². The first-order valence-electron chi connectivity index (χ1n) is 6.64. The van der Waals surface area contributed by atoms with Gasteiger partial charge >= 0.3 is 6.09 Å². The van der Waals surface area contributed by atoms with Gasteiger partial charge in [0.25, 0.3) is 0 Å². The van der Waals surface area contributed by atoms with Crippen LogP contribution in [0.25, 0.3) is 0 Å². The number of rotatable bonds is 3. The molecule has 1 saturated heterocycles. The topological polar surface area (TPSA) is 50.4 Å². The van der Waals surface area contributed by atoms with E-state index in [1.54, 1.807) is 0 Å². The summed E-state index contributed by atoms with van der Waals surface area (Å²) in [6.45, 7) is 7.57. The van der Waals surface area contributed by atoms with E-state index in [1.807, 2.05) is 20.8 Å². The van der Waals surface area contributed by atoms with Gasteiger partial charge < -0.3 is 15.4 Å². The van der Waals surface area contributed by atoms with Crippen LogP contribution in [-0.4, -0.2) is 30.8 Å². The Balaban J connectivity index is 1.78. The normalized spacial score (nSPS) is 29.1. The lowest BCUT2D eigenvalue weighted by atomic mass is 9.97. The molecule has 2 N–H and O–H groups in total. The minimum absolute atomic E-state index is 0.241. The second-order valence-corrected chi connectivity index (χ2v) is 6.35. The third-order valence-electron chi connectivity index (χ3n) is 3.37. The van der Waals surface area contributed by atoms with Crippen LogP contribution in [0.2, 0.25) is 0 Å². The van der Waals surface area contributed by atoms with Crippen molar-refractivity contribution in [1.29, 1.82) is 0 Å². The average molecular weight is 240 g/mol. The Labute approximate surface area is 103 Å². The van der Waals surface area contributed by atoms with Crippen molar-refractivity contribution in [3.8, 4) is 0 Å². The molecular weight excluding hydrogens is 216 g/mol.